The first-order valence-electron chi connectivity index (χ1n) is 8.28. The number of para-hydroxylation sites is 1. The second kappa shape index (κ2) is 6.37. The predicted octanol–water partition coefficient (Wildman–Crippen LogP) is 3.29. The fourth-order valence-corrected chi connectivity index (χ4v) is 4.43. The third-order valence-corrected chi connectivity index (χ3v) is 5.72. The number of thiazole rings is 1. The third-order valence-electron chi connectivity index (χ3n) is 4.53. The lowest BCUT2D eigenvalue weighted by atomic mass is 9.99. The molecule has 6 heteroatoms. The van der Waals surface area contributed by atoms with Crippen LogP contribution < -0.4 is 0 Å². The first kappa shape index (κ1) is 14.8. The highest BCUT2D eigenvalue weighted by molar-refractivity contribution is 7.18. The molecule has 120 valence electrons. The summed E-state index contributed by atoms with van der Waals surface area (Å²) in [5, 5.41) is 5.56. The van der Waals surface area contributed by atoms with Crippen LogP contribution >= 0.6 is 11.3 Å². The van der Waals surface area contributed by atoms with Crippen LogP contribution in [0.5, 0.6) is 0 Å². The average Bonchev–Trinajstić information content (AvgIpc) is 3.21. The lowest BCUT2D eigenvalue weighted by Gasteiger charge is -2.31. The summed E-state index contributed by atoms with van der Waals surface area (Å²) in [5.41, 5.74) is 1.13. The molecule has 1 aliphatic rings. The largest absolute Gasteiger partial charge is 0.295 e. The number of likely N-dealkylation sites (tertiary alicyclic amines) is 1. The fourth-order valence-electron chi connectivity index (χ4n) is 3.34. The van der Waals surface area contributed by atoms with Gasteiger partial charge >= 0.3 is 0 Å². The highest BCUT2D eigenvalue weighted by Gasteiger charge is 2.25. The van der Waals surface area contributed by atoms with Crippen LogP contribution in [0.3, 0.4) is 0 Å². The Balaban J connectivity index is 1.50. The van der Waals surface area contributed by atoms with E-state index in [2.05, 4.69) is 46.2 Å². The van der Waals surface area contributed by atoms with Gasteiger partial charge in [0.25, 0.3) is 0 Å². The summed E-state index contributed by atoms with van der Waals surface area (Å²) in [6.45, 7) is 6.08. The summed E-state index contributed by atoms with van der Waals surface area (Å²) in [4.78, 5) is 11.8. The van der Waals surface area contributed by atoms with Crippen LogP contribution in [0.1, 0.15) is 36.5 Å². The minimum absolute atomic E-state index is 0.541. The molecule has 5 nitrogen and oxygen atoms in total. The Labute approximate surface area is 140 Å². The summed E-state index contributed by atoms with van der Waals surface area (Å²) in [6.07, 6.45) is 4.12. The zero-order valence-corrected chi connectivity index (χ0v) is 14.2. The molecule has 1 atom stereocenters. The fraction of sp³-hybridized carbons (Fsp3) is 0.471. The van der Waals surface area contributed by atoms with Crippen molar-refractivity contribution in [3.63, 3.8) is 0 Å². The number of fused-ring (bicyclic) bond motifs is 1. The number of aryl methyl sites for hydroxylation is 1. The van der Waals surface area contributed by atoms with Crippen LogP contribution in [-0.2, 0) is 13.1 Å². The summed E-state index contributed by atoms with van der Waals surface area (Å²) in [7, 11) is 0. The lowest BCUT2D eigenvalue weighted by Crippen LogP contribution is -2.34. The third kappa shape index (κ3) is 3.01. The highest BCUT2D eigenvalue weighted by Crippen LogP contribution is 2.33. The molecule has 0 amide bonds. The van der Waals surface area contributed by atoms with Crippen molar-refractivity contribution in [1.82, 2.24) is 24.6 Å². The molecule has 0 bridgehead atoms. The molecule has 1 aromatic carbocycles. The Hall–Kier alpha value is -1.79. The molecule has 4 rings (SSSR count). The van der Waals surface area contributed by atoms with Crippen molar-refractivity contribution in [3.8, 4) is 0 Å². The van der Waals surface area contributed by atoms with Crippen molar-refractivity contribution >= 4 is 21.6 Å². The van der Waals surface area contributed by atoms with Crippen LogP contribution in [0, 0.1) is 0 Å². The molecule has 23 heavy (non-hydrogen) atoms. The minimum Gasteiger partial charge on any atom is -0.295 e. The van der Waals surface area contributed by atoms with Gasteiger partial charge in [0, 0.05) is 19.0 Å². The van der Waals surface area contributed by atoms with Gasteiger partial charge in [-0.2, -0.15) is 5.10 Å². The molecule has 0 radical (unpaired) electrons. The standard InChI is InChI=1S/C17H21N5S/c1-2-22-16(18-12-19-22)11-21-9-5-6-13(10-21)17-20-14-7-3-4-8-15(14)23-17/h3-4,7-8,12-13H,2,5-6,9-11H2,1H3. The monoisotopic (exact) mass is 327 g/mol. The number of nitrogens with zero attached hydrogens (tertiary/aromatic N) is 5. The van der Waals surface area contributed by atoms with Gasteiger partial charge in [-0.15, -0.1) is 11.3 Å². The Morgan fingerprint density at radius 1 is 1.30 bits per heavy atom. The van der Waals surface area contributed by atoms with E-state index in [1.54, 1.807) is 6.33 Å². The quantitative estimate of drug-likeness (QED) is 0.738. The van der Waals surface area contributed by atoms with Crippen LogP contribution in [0.25, 0.3) is 10.2 Å². The highest BCUT2D eigenvalue weighted by atomic mass is 32.1. The van der Waals surface area contributed by atoms with Crippen molar-refractivity contribution in [3.05, 3.63) is 41.4 Å². The van der Waals surface area contributed by atoms with Crippen molar-refractivity contribution < 1.29 is 0 Å². The number of hydrogen-bond donors (Lipinski definition) is 0. The molecule has 0 spiro atoms. The summed E-state index contributed by atoms with van der Waals surface area (Å²) >= 11 is 1.85. The van der Waals surface area contributed by atoms with E-state index in [0.717, 1.165) is 37.5 Å². The zero-order valence-electron chi connectivity index (χ0n) is 13.4. The Bertz CT molecular complexity index is 760. The number of hydrogen-bond acceptors (Lipinski definition) is 5. The molecule has 1 fully saturated rings. The number of rotatable bonds is 4. The van der Waals surface area contributed by atoms with Gasteiger partial charge in [-0.1, -0.05) is 12.1 Å². The maximum absolute atomic E-state index is 4.86. The van der Waals surface area contributed by atoms with Gasteiger partial charge in [0.15, 0.2) is 0 Å². The van der Waals surface area contributed by atoms with Crippen LogP contribution in [-0.4, -0.2) is 37.7 Å². The van der Waals surface area contributed by atoms with E-state index < -0.39 is 0 Å². The molecule has 3 heterocycles. The number of aromatic nitrogens is 4. The Kier molecular flexibility index (Phi) is 4.10. The van der Waals surface area contributed by atoms with E-state index in [9.17, 15) is 0 Å². The Morgan fingerprint density at radius 2 is 2.22 bits per heavy atom. The van der Waals surface area contributed by atoms with E-state index in [1.807, 2.05) is 16.0 Å². The molecule has 0 aliphatic carbocycles. The van der Waals surface area contributed by atoms with Crippen LogP contribution in [0.4, 0.5) is 0 Å². The smallest absolute Gasteiger partial charge is 0.140 e. The van der Waals surface area contributed by atoms with Crippen molar-refractivity contribution in [2.24, 2.45) is 0 Å². The molecule has 1 aliphatic heterocycles. The van der Waals surface area contributed by atoms with E-state index in [-0.39, 0.29) is 0 Å². The second-order valence-electron chi connectivity index (χ2n) is 6.09. The number of piperidine rings is 1. The first-order valence-corrected chi connectivity index (χ1v) is 9.09. The SMILES string of the molecule is CCn1ncnc1CN1CCCC(c2nc3ccccc3s2)C1. The van der Waals surface area contributed by atoms with E-state index >= 15 is 0 Å². The maximum atomic E-state index is 4.86. The van der Waals surface area contributed by atoms with Gasteiger partial charge in [0.2, 0.25) is 0 Å². The van der Waals surface area contributed by atoms with Crippen LogP contribution in [0.15, 0.2) is 30.6 Å². The van der Waals surface area contributed by atoms with Crippen molar-refractivity contribution in [2.75, 3.05) is 13.1 Å². The normalized spacial score (nSPS) is 19.4. The molecule has 1 saturated heterocycles. The molecule has 1 unspecified atom stereocenters. The molecular formula is C17H21N5S. The first-order chi connectivity index (χ1) is 11.3. The minimum atomic E-state index is 0.541. The Morgan fingerprint density at radius 3 is 3.09 bits per heavy atom. The van der Waals surface area contributed by atoms with E-state index in [4.69, 9.17) is 4.98 Å². The summed E-state index contributed by atoms with van der Waals surface area (Å²) < 4.78 is 3.28. The molecule has 0 saturated carbocycles. The van der Waals surface area contributed by atoms with Gasteiger partial charge in [0.05, 0.1) is 21.8 Å². The summed E-state index contributed by atoms with van der Waals surface area (Å²) in [5.74, 6) is 1.61. The van der Waals surface area contributed by atoms with Gasteiger partial charge in [-0.05, 0) is 38.4 Å². The summed E-state index contributed by atoms with van der Waals surface area (Å²) in [6, 6.07) is 8.44. The molecule has 2 aromatic heterocycles. The van der Waals surface area contributed by atoms with Crippen molar-refractivity contribution in [2.45, 2.75) is 38.8 Å². The van der Waals surface area contributed by atoms with Gasteiger partial charge < -0.3 is 0 Å². The maximum Gasteiger partial charge on any atom is 0.140 e. The molecule has 3 aromatic rings. The average molecular weight is 327 g/mol. The van der Waals surface area contributed by atoms with Gasteiger partial charge in [0.1, 0.15) is 12.2 Å². The second-order valence-corrected chi connectivity index (χ2v) is 7.15. The van der Waals surface area contributed by atoms with Crippen LogP contribution in [0.2, 0.25) is 0 Å². The molecular weight excluding hydrogens is 306 g/mol. The number of benzene rings is 1. The van der Waals surface area contributed by atoms with Gasteiger partial charge in [-0.3, -0.25) is 4.90 Å². The topological polar surface area (TPSA) is 46.8 Å². The van der Waals surface area contributed by atoms with Gasteiger partial charge in [-0.25, -0.2) is 14.6 Å². The molecule has 0 N–H and O–H groups in total. The van der Waals surface area contributed by atoms with E-state index in [1.165, 1.54) is 22.5 Å². The van der Waals surface area contributed by atoms with E-state index in [0.29, 0.717) is 5.92 Å². The predicted molar refractivity (Wildman–Crippen MR) is 92.6 cm³/mol. The van der Waals surface area contributed by atoms with Crippen molar-refractivity contribution in [1.29, 1.82) is 0 Å². The lowest BCUT2D eigenvalue weighted by molar-refractivity contribution is 0.193. The zero-order chi connectivity index (χ0) is 15.6.